The van der Waals surface area contributed by atoms with E-state index in [4.69, 9.17) is 4.74 Å². The Labute approximate surface area is 213 Å². The average Bonchev–Trinajstić information content (AvgIpc) is 3.68. The number of guanidine groups is 1. The third-order valence-corrected chi connectivity index (χ3v) is 6.46. The predicted octanol–water partition coefficient (Wildman–Crippen LogP) is 4.85. The first-order valence-corrected chi connectivity index (χ1v) is 11.9. The van der Waals surface area contributed by atoms with Gasteiger partial charge in [-0.15, -0.1) is 0 Å². The molecule has 2 N–H and O–H groups in total. The average molecular weight is 504 g/mol. The lowest BCUT2D eigenvalue weighted by atomic mass is 10.1. The maximum Gasteiger partial charge on any atom is 0.328 e. The van der Waals surface area contributed by atoms with Crippen molar-refractivity contribution in [2.45, 2.75) is 26.3 Å². The molecule has 2 amide bonds. The maximum absolute atomic E-state index is 13.8. The third kappa shape index (κ3) is 5.37. The number of urea groups is 1. The van der Waals surface area contributed by atoms with Crippen molar-refractivity contribution >= 4 is 23.6 Å². The molecular formula is C27H26FN5O4. The lowest BCUT2D eigenvalue weighted by molar-refractivity contribution is -0.143. The number of hydrogen-bond acceptors (Lipinski definition) is 6. The Balaban J connectivity index is 1.34. The van der Waals surface area contributed by atoms with Crippen molar-refractivity contribution < 1.29 is 23.8 Å². The second kappa shape index (κ2) is 9.88. The molecule has 0 radical (unpaired) electrons. The number of carbonyl (C=O) groups is 2. The minimum Gasteiger partial charge on any atom is -0.481 e. The van der Waals surface area contributed by atoms with Gasteiger partial charge in [0.15, 0.2) is 5.82 Å². The van der Waals surface area contributed by atoms with Gasteiger partial charge in [0.05, 0.1) is 12.0 Å². The summed E-state index contributed by atoms with van der Waals surface area (Å²) in [4.78, 5) is 36.7. The fraction of sp³-hybridized carbons (Fsp3) is 0.259. The molecule has 3 aromatic rings. The fourth-order valence-corrected chi connectivity index (χ4v) is 4.05. The summed E-state index contributed by atoms with van der Waals surface area (Å²) in [5, 5.41) is 12.8. The van der Waals surface area contributed by atoms with E-state index in [9.17, 15) is 19.1 Å². The maximum atomic E-state index is 13.8. The van der Waals surface area contributed by atoms with Crippen LogP contribution in [0.25, 0.3) is 0 Å². The number of amides is 2. The zero-order valence-corrected chi connectivity index (χ0v) is 20.2. The number of benzene rings is 2. The lowest BCUT2D eigenvalue weighted by Crippen LogP contribution is -2.54. The molecule has 2 aromatic carbocycles. The molecule has 1 saturated carbocycles. The van der Waals surface area contributed by atoms with Gasteiger partial charge >= 0.3 is 12.0 Å². The molecule has 1 aliphatic carbocycles. The number of nitrogens with zero attached hydrogens (tertiary/aromatic N) is 4. The number of carboxylic acid groups (broad SMARTS) is 1. The van der Waals surface area contributed by atoms with E-state index in [1.165, 1.54) is 28.1 Å². The number of aryl methyl sites for hydroxylation is 1. The van der Waals surface area contributed by atoms with Gasteiger partial charge in [0.2, 0.25) is 5.96 Å². The molecule has 9 nitrogen and oxygen atoms in total. The molecular weight excluding hydrogens is 477 g/mol. The summed E-state index contributed by atoms with van der Waals surface area (Å²) in [7, 11) is 0. The molecule has 1 aromatic heterocycles. The van der Waals surface area contributed by atoms with E-state index >= 15 is 0 Å². The third-order valence-electron chi connectivity index (χ3n) is 6.46. The summed E-state index contributed by atoms with van der Waals surface area (Å²) in [5.74, 6) is -0.815. The number of ether oxygens (including phenoxy) is 1. The van der Waals surface area contributed by atoms with Crippen LogP contribution in [0.3, 0.4) is 0 Å². The van der Waals surface area contributed by atoms with Crippen LogP contribution >= 0.6 is 0 Å². The molecule has 0 saturated heterocycles. The van der Waals surface area contributed by atoms with Gasteiger partial charge in [0.25, 0.3) is 5.88 Å². The zero-order chi connectivity index (χ0) is 26.0. The van der Waals surface area contributed by atoms with Gasteiger partial charge < -0.3 is 20.1 Å². The van der Waals surface area contributed by atoms with Crippen LogP contribution < -0.4 is 10.1 Å². The van der Waals surface area contributed by atoms with Crippen LogP contribution in [0, 0.1) is 18.2 Å². The van der Waals surface area contributed by atoms with Crippen molar-refractivity contribution in [1.29, 1.82) is 0 Å². The summed E-state index contributed by atoms with van der Waals surface area (Å²) in [6, 6.07) is 17.0. The topological polar surface area (TPSA) is 107 Å². The zero-order valence-electron chi connectivity index (χ0n) is 20.2. The van der Waals surface area contributed by atoms with E-state index < -0.39 is 17.2 Å². The van der Waals surface area contributed by atoms with Crippen LogP contribution in [0.5, 0.6) is 11.6 Å². The molecule has 37 heavy (non-hydrogen) atoms. The van der Waals surface area contributed by atoms with Gasteiger partial charge in [-0.25, -0.2) is 19.2 Å². The van der Waals surface area contributed by atoms with E-state index in [0.29, 0.717) is 30.2 Å². The number of rotatable bonds is 8. The molecule has 1 aliphatic heterocycles. The second-order valence-corrected chi connectivity index (χ2v) is 9.30. The number of pyridine rings is 1. The minimum atomic E-state index is -0.883. The van der Waals surface area contributed by atoms with Gasteiger partial charge in [0.1, 0.15) is 12.4 Å². The van der Waals surface area contributed by atoms with E-state index in [-0.39, 0.29) is 31.7 Å². The smallest absolute Gasteiger partial charge is 0.328 e. The normalized spacial score (nSPS) is 16.3. The number of halogens is 1. The van der Waals surface area contributed by atoms with Crippen molar-refractivity contribution in [3.05, 3.63) is 83.8 Å². The second-order valence-electron chi connectivity index (χ2n) is 9.30. The Kier molecular flexibility index (Phi) is 6.47. The number of carbonyl (C=O) groups excluding carboxylic acids is 1. The van der Waals surface area contributed by atoms with Crippen LogP contribution in [-0.2, 0) is 11.3 Å². The van der Waals surface area contributed by atoms with Crippen molar-refractivity contribution in [3.63, 3.8) is 0 Å². The van der Waals surface area contributed by atoms with Crippen LogP contribution in [0.1, 0.15) is 24.0 Å². The number of anilines is 1. The number of hydrogen-bond donors (Lipinski definition) is 2. The summed E-state index contributed by atoms with van der Waals surface area (Å²) in [6.07, 6.45) is 2.55. The molecule has 2 aliphatic rings. The number of aromatic nitrogens is 1. The van der Waals surface area contributed by atoms with E-state index in [0.717, 1.165) is 11.1 Å². The molecule has 0 spiro atoms. The first-order chi connectivity index (χ1) is 17.8. The summed E-state index contributed by atoms with van der Waals surface area (Å²) in [5.41, 5.74) is 1.78. The number of aliphatic imine (C=N–C) groups is 1. The number of nitrogens with one attached hydrogen (secondary N) is 1. The highest BCUT2D eigenvalue weighted by molar-refractivity contribution is 6.05. The molecule has 2 heterocycles. The van der Waals surface area contributed by atoms with E-state index in [1.807, 2.05) is 31.2 Å². The number of carboxylic acids is 1. The molecule has 0 atom stereocenters. The van der Waals surface area contributed by atoms with Crippen molar-refractivity contribution in [1.82, 2.24) is 14.8 Å². The quantitative estimate of drug-likeness (QED) is 0.455. The highest BCUT2D eigenvalue weighted by Crippen LogP contribution is 2.46. The molecule has 10 heteroatoms. The summed E-state index contributed by atoms with van der Waals surface area (Å²) in [6.45, 7) is 2.43. The summed E-state index contributed by atoms with van der Waals surface area (Å²) >= 11 is 0. The number of aliphatic carboxylic acids is 1. The van der Waals surface area contributed by atoms with Crippen LogP contribution in [-0.4, -0.2) is 51.1 Å². The van der Waals surface area contributed by atoms with E-state index in [1.54, 1.807) is 24.3 Å². The van der Waals surface area contributed by atoms with Crippen molar-refractivity contribution in [3.8, 4) is 11.6 Å². The van der Waals surface area contributed by atoms with Gasteiger partial charge in [-0.2, -0.15) is 0 Å². The van der Waals surface area contributed by atoms with Crippen molar-refractivity contribution in [2.75, 3.05) is 18.5 Å². The standard InChI is InChI=1S/C27H26FN5O4/c1-18-4-6-19(7-5-18)15-33-25(30-17-32(26(33)36)16-27(12-13-27)24(34)35)31-20-8-10-21(11-9-20)37-23-22(28)3-2-14-29-23/h2-11,14H,12-13,15-17H2,1H3,(H,30,31)(H,34,35). The Bertz CT molecular complexity index is 1340. The van der Waals surface area contributed by atoms with Crippen molar-refractivity contribution in [2.24, 2.45) is 10.4 Å². The van der Waals surface area contributed by atoms with Crippen LogP contribution in [0.15, 0.2) is 71.9 Å². The Morgan fingerprint density at radius 2 is 1.86 bits per heavy atom. The van der Waals surface area contributed by atoms with Gasteiger partial charge in [-0.05, 0) is 61.7 Å². The fourth-order valence-electron chi connectivity index (χ4n) is 4.05. The Morgan fingerprint density at radius 3 is 2.51 bits per heavy atom. The monoisotopic (exact) mass is 503 g/mol. The van der Waals surface area contributed by atoms with Gasteiger partial charge in [-0.1, -0.05) is 29.8 Å². The molecule has 190 valence electrons. The predicted molar refractivity (Wildman–Crippen MR) is 135 cm³/mol. The first kappa shape index (κ1) is 24.2. The molecule has 0 unspecified atom stereocenters. The lowest BCUT2D eigenvalue weighted by Gasteiger charge is -2.36. The highest BCUT2D eigenvalue weighted by Gasteiger charge is 2.52. The van der Waals surface area contributed by atoms with Crippen LogP contribution in [0.4, 0.5) is 14.9 Å². The Morgan fingerprint density at radius 1 is 1.14 bits per heavy atom. The highest BCUT2D eigenvalue weighted by atomic mass is 19.1. The first-order valence-electron chi connectivity index (χ1n) is 11.9. The minimum absolute atomic E-state index is 0.0563. The Hall–Kier alpha value is -4.47. The largest absolute Gasteiger partial charge is 0.481 e. The molecule has 1 fully saturated rings. The molecule has 0 bridgehead atoms. The molecule has 5 rings (SSSR count). The van der Waals surface area contributed by atoms with Gasteiger partial charge in [-0.3, -0.25) is 9.69 Å². The SMILES string of the molecule is Cc1ccc(CN2C(=O)N(CC3(C(=O)O)CC3)CN=C2Nc2ccc(Oc3ncccc3F)cc2)cc1. The van der Waals surface area contributed by atoms with Gasteiger partial charge in [0, 0.05) is 18.4 Å². The summed E-state index contributed by atoms with van der Waals surface area (Å²) < 4.78 is 19.3. The van der Waals surface area contributed by atoms with E-state index in [2.05, 4.69) is 15.3 Å². The van der Waals surface area contributed by atoms with Crippen LogP contribution in [0.2, 0.25) is 0 Å².